The molecule has 0 bridgehead atoms. The van der Waals surface area contributed by atoms with Gasteiger partial charge in [0.1, 0.15) is 6.67 Å². The monoisotopic (exact) mass is 188 g/mol. The minimum Gasteiger partial charge on any atom is -0.376 e. The molecular formula is C11H21FO. The molecule has 2 heteroatoms. The number of alkyl halides is 1. The zero-order chi connectivity index (χ0) is 9.73. The molecule has 78 valence electrons. The highest BCUT2D eigenvalue weighted by molar-refractivity contribution is 4.81. The van der Waals surface area contributed by atoms with Gasteiger partial charge in [-0.15, -0.1) is 0 Å². The fourth-order valence-electron chi connectivity index (χ4n) is 2.02. The van der Waals surface area contributed by atoms with Crippen molar-refractivity contribution in [1.29, 1.82) is 0 Å². The zero-order valence-electron chi connectivity index (χ0n) is 8.81. The van der Waals surface area contributed by atoms with Crippen LogP contribution in [-0.2, 0) is 4.74 Å². The Morgan fingerprint density at radius 1 is 1.38 bits per heavy atom. The van der Waals surface area contributed by atoms with Crippen LogP contribution < -0.4 is 0 Å². The summed E-state index contributed by atoms with van der Waals surface area (Å²) in [4.78, 5) is 0. The molecule has 1 saturated carbocycles. The van der Waals surface area contributed by atoms with Crippen molar-refractivity contribution in [3.05, 3.63) is 0 Å². The molecule has 0 aromatic heterocycles. The second-order valence-electron chi connectivity index (χ2n) is 4.42. The zero-order valence-corrected chi connectivity index (χ0v) is 8.81. The van der Waals surface area contributed by atoms with E-state index in [0.29, 0.717) is 11.5 Å². The van der Waals surface area contributed by atoms with Crippen LogP contribution in [0.4, 0.5) is 4.39 Å². The van der Waals surface area contributed by atoms with Crippen molar-refractivity contribution < 1.29 is 9.13 Å². The van der Waals surface area contributed by atoms with Crippen LogP contribution in [0.1, 0.15) is 46.0 Å². The van der Waals surface area contributed by atoms with Crippen molar-refractivity contribution in [1.82, 2.24) is 0 Å². The molecule has 0 saturated heterocycles. The SMILES string of the molecule is CC[C@]1(C)CC[C@H](OCCF)CC1. The first-order valence-corrected chi connectivity index (χ1v) is 5.38. The third kappa shape index (κ3) is 3.26. The third-order valence-corrected chi connectivity index (χ3v) is 3.42. The molecule has 0 heterocycles. The number of halogens is 1. The van der Waals surface area contributed by atoms with E-state index in [1.165, 1.54) is 19.3 Å². The lowest BCUT2D eigenvalue weighted by atomic mass is 9.73. The molecule has 0 aromatic rings. The summed E-state index contributed by atoms with van der Waals surface area (Å²) in [5.41, 5.74) is 0.523. The lowest BCUT2D eigenvalue weighted by Crippen LogP contribution is -2.28. The summed E-state index contributed by atoms with van der Waals surface area (Å²) in [6.07, 6.45) is 6.29. The molecule has 1 rings (SSSR count). The number of rotatable bonds is 4. The topological polar surface area (TPSA) is 9.23 Å². The predicted molar refractivity (Wildman–Crippen MR) is 52.6 cm³/mol. The minimum absolute atomic E-state index is 0.285. The molecule has 0 amide bonds. The summed E-state index contributed by atoms with van der Waals surface area (Å²) in [5.74, 6) is 0. The van der Waals surface area contributed by atoms with Crippen LogP contribution in [0.15, 0.2) is 0 Å². The van der Waals surface area contributed by atoms with E-state index < -0.39 is 0 Å². The highest BCUT2D eigenvalue weighted by atomic mass is 19.1. The first-order valence-electron chi connectivity index (χ1n) is 5.38. The van der Waals surface area contributed by atoms with Crippen LogP contribution in [-0.4, -0.2) is 19.4 Å². The van der Waals surface area contributed by atoms with E-state index in [0.717, 1.165) is 12.8 Å². The Bertz CT molecular complexity index is 139. The molecule has 0 unspecified atom stereocenters. The van der Waals surface area contributed by atoms with Gasteiger partial charge in [-0.2, -0.15) is 0 Å². The van der Waals surface area contributed by atoms with Crippen molar-refractivity contribution in [3.8, 4) is 0 Å². The summed E-state index contributed by atoms with van der Waals surface area (Å²) in [5, 5.41) is 0. The quantitative estimate of drug-likeness (QED) is 0.657. The van der Waals surface area contributed by atoms with Crippen LogP contribution in [0.3, 0.4) is 0 Å². The lowest BCUT2D eigenvalue weighted by molar-refractivity contribution is -0.00528. The molecule has 13 heavy (non-hydrogen) atoms. The number of hydrogen-bond acceptors (Lipinski definition) is 1. The van der Waals surface area contributed by atoms with Crippen LogP contribution in [0.2, 0.25) is 0 Å². The first kappa shape index (κ1) is 11.0. The van der Waals surface area contributed by atoms with Gasteiger partial charge in [0.05, 0.1) is 12.7 Å². The van der Waals surface area contributed by atoms with Crippen molar-refractivity contribution in [2.45, 2.75) is 52.1 Å². The molecule has 0 N–H and O–H groups in total. The maximum Gasteiger partial charge on any atom is 0.113 e. The average Bonchev–Trinajstić information content (AvgIpc) is 2.17. The summed E-state index contributed by atoms with van der Waals surface area (Å²) >= 11 is 0. The van der Waals surface area contributed by atoms with Gasteiger partial charge in [0.2, 0.25) is 0 Å². The Kier molecular flexibility index (Phi) is 4.17. The van der Waals surface area contributed by atoms with Gasteiger partial charge in [-0.1, -0.05) is 20.3 Å². The van der Waals surface area contributed by atoms with Crippen molar-refractivity contribution >= 4 is 0 Å². The first-order chi connectivity index (χ1) is 6.20. The van der Waals surface area contributed by atoms with Crippen molar-refractivity contribution in [2.75, 3.05) is 13.3 Å². The lowest BCUT2D eigenvalue weighted by Gasteiger charge is -2.36. The molecule has 0 radical (unpaired) electrons. The van der Waals surface area contributed by atoms with Gasteiger partial charge in [0.15, 0.2) is 0 Å². The summed E-state index contributed by atoms with van der Waals surface area (Å²) < 4.78 is 17.2. The normalized spacial score (nSPS) is 34.8. The van der Waals surface area contributed by atoms with E-state index in [4.69, 9.17) is 4.74 Å². The Labute approximate surface area is 80.7 Å². The number of hydrogen-bond donors (Lipinski definition) is 0. The fourth-order valence-corrected chi connectivity index (χ4v) is 2.02. The molecule has 0 aliphatic heterocycles. The fraction of sp³-hybridized carbons (Fsp3) is 1.00. The van der Waals surface area contributed by atoms with E-state index in [1.54, 1.807) is 0 Å². The Morgan fingerprint density at radius 3 is 2.46 bits per heavy atom. The summed E-state index contributed by atoms with van der Waals surface area (Å²) in [6, 6.07) is 0. The van der Waals surface area contributed by atoms with Crippen molar-refractivity contribution in [2.24, 2.45) is 5.41 Å². The van der Waals surface area contributed by atoms with E-state index in [1.807, 2.05) is 0 Å². The smallest absolute Gasteiger partial charge is 0.113 e. The Balaban J connectivity index is 2.22. The molecule has 0 atom stereocenters. The number of ether oxygens (including phenoxy) is 1. The molecule has 0 spiro atoms. The van der Waals surface area contributed by atoms with E-state index >= 15 is 0 Å². The van der Waals surface area contributed by atoms with Crippen molar-refractivity contribution in [3.63, 3.8) is 0 Å². The van der Waals surface area contributed by atoms with Crippen LogP contribution in [0, 0.1) is 5.41 Å². The molecule has 1 aliphatic carbocycles. The Hall–Kier alpha value is -0.110. The van der Waals surface area contributed by atoms with E-state index in [-0.39, 0.29) is 13.3 Å². The second kappa shape index (κ2) is 4.94. The molecular weight excluding hydrogens is 167 g/mol. The third-order valence-electron chi connectivity index (χ3n) is 3.42. The molecule has 1 nitrogen and oxygen atoms in total. The van der Waals surface area contributed by atoms with Crippen LogP contribution in [0.5, 0.6) is 0 Å². The van der Waals surface area contributed by atoms with Gasteiger partial charge in [-0.3, -0.25) is 0 Å². The van der Waals surface area contributed by atoms with Gasteiger partial charge in [0, 0.05) is 0 Å². The van der Waals surface area contributed by atoms with Gasteiger partial charge in [-0.05, 0) is 31.1 Å². The predicted octanol–water partition coefficient (Wildman–Crippen LogP) is 3.33. The Morgan fingerprint density at radius 2 is 2.00 bits per heavy atom. The highest BCUT2D eigenvalue weighted by Crippen LogP contribution is 2.39. The van der Waals surface area contributed by atoms with Gasteiger partial charge in [0.25, 0.3) is 0 Å². The van der Waals surface area contributed by atoms with Gasteiger partial charge in [-0.25, -0.2) is 4.39 Å². The van der Waals surface area contributed by atoms with Crippen LogP contribution >= 0.6 is 0 Å². The summed E-state index contributed by atoms with van der Waals surface area (Å²) in [7, 11) is 0. The highest BCUT2D eigenvalue weighted by Gasteiger charge is 2.29. The second-order valence-corrected chi connectivity index (χ2v) is 4.42. The van der Waals surface area contributed by atoms with Gasteiger partial charge >= 0.3 is 0 Å². The van der Waals surface area contributed by atoms with Crippen LogP contribution in [0.25, 0.3) is 0 Å². The molecule has 0 aromatic carbocycles. The molecule has 1 aliphatic rings. The molecule has 1 fully saturated rings. The standard InChI is InChI=1S/C11H21FO/c1-3-11(2)6-4-10(5-7-11)13-9-8-12/h10H,3-9H2,1-2H3/t10-,11+. The van der Waals surface area contributed by atoms with E-state index in [9.17, 15) is 4.39 Å². The average molecular weight is 188 g/mol. The summed E-state index contributed by atoms with van der Waals surface area (Å²) in [6.45, 7) is 4.54. The maximum atomic E-state index is 11.8. The maximum absolute atomic E-state index is 11.8. The van der Waals surface area contributed by atoms with E-state index in [2.05, 4.69) is 13.8 Å². The largest absolute Gasteiger partial charge is 0.376 e. The van der Waals surface area contributed by atoms with Gasteiger partial charge < -0.3 is 4.74 Å². The minimum atomic E-state index is -0.346.